The van der Waals surface area contributed by atoms with Crippen molar-refractivity contribution in [2.24, 2.45) is 35.5 Å². The van der Waals surface area contributed by atoms with E-state index in [0.717, 1.165) is 127 Å². The number of hydrogen-bond donors (Lipinski definition) is 6. The minimum atomic E-state index is -1.22. The molecule has 7 N–H and O–H groups in total. The largest absolute Gasteiger partial charge is 1.00 e. The van der Waals surface area contributed by atoms with Gasteiger partial charge in [-0.15, -0.1) is 24.0 Å². The standard InChI is InChI=1S/2C23H34O5.C2H6O.CH4.HI.2Na.H2O/c2*1-2-3-4-7-17(24)9-10-18-19-11-15-6-5-8-22(28-14-23(26)27)20(15)12-16(19)13-21(18)25;1-2-3;;;;;/h2*5-6,8,16-19,21,24-25H,2-4,7,9-14H2,1H3,(H,26,27);3H,2H2,1H3;1H4;1H;;;1H2/q;;;;;2*+1;/p-2/t2*16-,17-,18+,19-,21+;;;;;;/m00....../s1. The maximum Gasteiger partial charge on any atom is 1.00 e. The van der Waals surface area contributed by atoms with E-state index in [2.05, 4.69) is 26.0 Å². The number of fused-ring (bicyclic) bond motifs is 4. The minimum absolute atomic E-state index is 0. The summed E-state index contributed by atoms with van der Waals surface area (Å²) in [7, 11) is 0. The predicted octanol–water partition coefficient (Wildman–Crippen LogP) is 0.916. The van der Waals surface area contributed by atoms with E-state index in [4.69, 9.17) is 19.7 Å². The summed E-state index contributed by atoms with van der Waals surface area (Å²) in [5.41, 5.74) is 4.60. The summed E-state index contributed by atoms with van der Waals surface area (Å²) in [5, 5.41) is 69.1. The van der Waals surface area contributed by atoms with Crippen molar-refractivity contribution in [1.29, 1.82) is 0 Å². The summed E-state index contributed by atoms with van der Waals surface area (Å²) in [5.74, 6) is 1.21. The molecule has 0 aliphatic heterocycles. The van der Waals surface area contributed by atoms with Crippen LogP contribution >= 0.6 is 24.0 Å². The third kappa shape index (κ3) is 20.2. The number of ether oxygens (including phenoxy) is 2. The molecule has 0 amide bonds. The van der Waals surface area contributed by atoms with Gasteiger partial charge in [0.05, 0.1) is 30.4 Å². The van der Waals surface area contributed by atoms with Crippen LogP contribution in [0.4, 0.5) is 0 Å². The number of aliphatic hydroxyl groups is 5. The van der Waals surface area contributed by atoms with Crippen LogP contribution in [-0.4, -0.2) is 92.3 Å². The van der Waals surface area contributed by atoms with E-state index < -0.39 is 18.5 Å². The van der Waals surface area contributed by atoms with E-state index in [9.17, 15) is 35.1 Å². The minimum Gasteiger partial charge on any atom is -0.870 e. The van der Waals surface area contributed by atoms with Crippen molar-refractivity contribution in [2.75, 3.05) is 19.8 Å². The molecule has 2 aromatic carbocycles. The molecule has 356 valence electrons. The Labute approximate surface area is 445 Å². The number of aliphatic hydroxyl groups excluding tert-OH is 5. The summed E-state index contributed by atoms with van der Waals surface area (Å²) >= 11 is 0. The van der Waals surface area contributed by atoms with Gasteiger partial charge >= 0.3 is 65.1 Å². The van der Waals surface area contributed by atoms with Gasteiger partial charge in [0.2, 0.25) is 0 Å². The number of carboxylic acid groups (broad SMARTS) is 2. The third-order valence-electron chi connectivity index (χ3n) is 13.3. The van der Waals surface area contributed by atoms with Crippen molar-refractivity contribution in [3.8, 4) is 11.5 Å². The quantitative estimate of drug-likeness (QED) is 0.0619. The second-order valence-electron chi connectivity index (χ2n) is 17.5. The number of hydrogen-bond acceptors (Lipinski definition) is 11. The Morgan fingerprint density at radius 2 is 1.08 bits per heavy atom. The van der Waals surface area contributed by atoms with Gasteiger partial charge < -0.3 is 55.5 Å². The van der Waals surface area contributed by atoms with Crippen LogP contribution in [0.25, 0.3) is 0 Å². The summed E-state index contributed by atoms with van der Waals surface area (Å²) in [4.78, 5) is 21.6. The summed E-state index contributed by atoms with van der Waals surface area (Å²) < 4.78 is 10.9. The molecule has 0 bridgehead atoms. The maximum absolute atomic E-state index is 10.8. The van der Waals surface area contributed by atoms with Crippen LogP contribution in [-0.2, 0) is 35.3 Å². The van der Waals surface area contributed by atoms with Crippen LogP contribution in [0, 0.1) is 35.5 Å². The van der Waals surface area contributed by atoms with Crippen LogP contribution in [0.5, 0.6) is 11.5 Å². The Hall–Kier alpha value is -0.530. The summed E-state index contributed by atoms with van der Waals surface area (Å²) in [6.07, 6.45) is 15.6. The smallest absolute Gasteiger partial charge is 0.870 e. The summed E-state index contributed by atoms with van der Waals surface area (Å²) in [6.45, 7) is 5.50. The van der Waals surface area contributed by atoms with E-state index in [-0.39, 0.29) is 145 Å². The molecule has 2 fully saturated rings. The molecule has 2 aromatic rings. The SMILES string of the molecule is C.CCCCC[C@H](O)CC[C@@H]1[C@H]2Cc3cccc(OCC(=O)O)c3C[C@H]2C[C@H]1O.CCCCC[C@H](O)CC[C@@H]1[C@H]2Cc3cccc(OCC(=O)[O-])c3C[C@H]2C[C@H]1O.CCO.I.[Na+].[Na+].[OH-]. The number of carboxylic acids is 2. The number of benzene rings is 2. The fourth-order valence-corrected chi connectivity index (χ4v) is 10.5. The first-order valence-electron chi connectivity index (χ1n) is 22.6. The molecule has 0 heterocycles. The average molecular weight is 1030 g/mol. The third-order valence-corrected chi connectivity index (χ3v) is 13.3. The number of carbonyl (C=O) groups excluding carboxylic acids is 1. The zero-order valence-corrected chi connectivity index (χ0v) is 45.0. The van der Waals surface area contributed by atoms with Gasteiger partial charge in [0.25, 0.3) is 0 Å². The maximum atomic E-state index is 10.8. The van der Waals surface area contributed by atoms with Gasteiger partial charge in [-0.25, -0.2) is 4.79 Å². The van der Waals surface area contributed by atoms with Gasteiger partial charge in [-0.3, -0.25) is 0 Å². The van der Waals surface area contributed by atoms with E-state index in [0.29, 0.717) is 35.2 Å². The molecule has 0 saturated heterocycles. The molecule has 2 saturated carbocycles. The molecule has 6 rings (SSSR count). The van der Waals surface area contributed by atoms with Gasteiger partial charge in [-0.05, 0) is 154 Å². The Morgan fingerprint density at radius 1 is 0.688 bits per heavy atom. The fourth-order valence-electron chi connectivity index (χ4n) is 10.5. The van der Waals surface area contributed by atoms with Gasteiger partial charge in [0, 0.05) is 6.61 Å². The molecule has 12 nitrogen and oxygen atoms in total. The first kappa shape index (κ1) is 65.6. The van der Waals surface area contributed by atoms with Crippen LogP contribution < -0.4 is 73.7 Å². The van der Waals surface area contributed by atoms with Crippen LogP contribution in [0.15, 0.2) is 36.4 Å². The molecular formula is C49H79INa2O12. The average Bonchev–Trinajstić information content (AvgIpc) is 3.68. The van der Waals surface area contributed by atoms with Crippen LogP contribution in [0.3, 0.4) is 0 Å². The van der Waals surface area contributed by atoms with E-state index >= 15 is 0 Å². The normalized spacial score (nSPS) is 24.0. The topological polar surface area (TPSA) is 227 Å². The van der Waals surface area contributed by atoms with Crippen molar-refractivity contribution in [3.05, 3.63) is 58.7 Å². The molecule has 15 heteroatoms. The van der Waals surface area contributed by atoms with E-state index in [1.807, 2.05) is 24.3 Å². The van der Waals surface area contributed by atoms with Gasteiger partial charge in [-0.2, -0.15) is 0 Å². The Kier molecular flexibility index (Phi) is 35.5. The van der Waals surface area contributed by atoms with Crippen LogP contribution in [0.2, 0.25) is 0 Å². The number of unbranched alkanes of at least 4 members (excludes halogenated alkanes) is 4. The number of halogens is 1. The zero-order chi connectivity index (χ0) is 42.9. The van der Waals surface area contributed by atoms with Gasteiger partial charge in [0.1, 0.15) is 18.1 Å². The molecule has 0 radical (unpaired) electrons. The molecule has 0 aromatic heterocycles. The van der Waals surface area contributed by atoms with Crippen molar-refractivity contribution in [1.82, 2.24) is 0 Å². The molecule has 10 atom stereocenters. The van der Waals surface area contributed by atoms with E-state index in [1.165, 1.54) is 11.1 Å². The molecule has 0 spiro atoms. The predicted molar refractivity (Wildman–Crippen MR) is 249 cm³/mol. The Bertz CT molecular complexity index is 1470. The molecule has 64 heavy (non-hydrogen) atoms. The summed E-state index contributed by atoms with van der Waals surface area (Å²) in [6, 6.07) is 11.7. The number of rotatable bonds is 20. The first-order valence-corrected chi connectivity index (χ1v) is 22.6. The monoisotopic (exact) mass is 1030 g/mol. The van der Waals surface area contributed by atoms with Crippen LogP contribution in [0.1, 0.15) is 140 Å². The van der Waals surface area contributed by atoms with Crippen molar-refractivity contribution in [2.45, 2.75) is 168 Å². The first-order chi connectivity index (χ1) is 28.4. The van der Waals surface area contributed by atoms with Crippen molar-refractivity contribution < 1.29 is 119 Å². The van der Waals surface area contributed by atoms with Crippen molar-refractivity contribution >= 4 is 35.9 Å². The fraction of sp³-hybridized carbons (Fsp3) is 0.714. The molecule has 4 aliphatic carbocycles. The van der Waals surface area contributed by atoms with E-state index in [1.54, 1.807) is 6.92 Å². The van der Waals surface area contributed by atoms with Gasteiger partial charge in [0.15, 0.2) is 6.61 Å². The zero-order valence-electron chi connectivity index (χ0n) is 38.7. The number of aliphatic carboxylic acids is 2. The Balaban J connectivity index is 0. The second kappa shape index (κ2) is 34.7. The molecule has 4 aliphatic rings. The van der Waals surface area contributed by atoms with Crippen molar-refractivity contribution in [3.63, 3.8) is 0 Å². The number of carbonyl (C=O) groups is 2. The van der Waals surface area contributed by atoms with Gasteiger partial charge in [-0.1, -0.05) is 84.1 Å². The second-order valence-corrected chi connectivity index (χ2v) is 17.5. The Morgan fingerprint density at radius 3 is 1.44 bits per heavy atom. The molecule has 0 unspecified atom stereocenters. The molecular weight excluding hydrogens is 953 g/mol.